The zero-order valence-corrected chi connectivity index (χ0v) is 12.1. The Labute approximate surface area is 115 Å². The summed E-state index contributed by atoms with van der Waals surface area (Å²) >= 11 is 0. The summed E-state index contributed by atoms with van der Waals surface area (Å²) in [5, 5.41) is 11.4. The van der Waals surface area contributed by atoms with Crippen LogP contribution in [0.3, 0.4) is 0 Å². The molecule has 0 aromatic carbocycles. The average Bonchev–Trinajstić information content (AvgIpc) is 2.10. The van der Waals surface area contributed by atoms with Gasteiger partial charge in [-0.25, -0.2) is 4.98 Å². The number of aromatic nitrogens is 2. The zero-order valence-electron chi connectivity index (χ0n) is 10.1. The van der Waals surface area contributed by atoms with Gasteiger partial charge in [-0.15, -0.1) is 0 Å². The van der Waals surface area contributed by atoms with Gasteiger partial charge in [0.1, 0.15) is 0 Å². The first-order valence-corrected chi connectivity index (χ1v) is 4.32. The molecule has 82 valence electrons. The fraction of sp³-hybridized carbons (Fsp3) is 0.444. The standard InChI is InChI=1S/C9H13N3O3.Na/c1-5(13)6-7(14)10-9(11(2)3)12(4)8(6)15;/h14H,1-4H3;/q;+1/p-1. The molecule has 0 amide bonds. The summed E-state index contributed by atoms with van der Waals surface area (Å²) in [6.07, 6.45) is 0. The molecular formula is C9H12N3NaO3. The van der Waals surface area contributed by atoms with Crippen molar-refractivity contribution in [3.8, 4) is 5.88 Å². The molecule has 1 rings (SSSR count). The van der Waals surface area contributed by atoms with Gasteiger partial charge in [-0.1, -0.05) is 0 Å². The third kappa shape index (κ3) is 2.63. The molecular weight excluding hydrogens is 221 g/mol. The van der Waals surface area contributed by atoms with Crippen LogP contribution in [0.4, 0.5) is 5.95 Å². The molecule has 0 atom stereocenters. The van der Waals surface area contributed by atoms with Crippen LogP contribution >= 0.6 is 0 Å². The largest absolute Gasteiger partial charge is 1.00 e. The third-order valence-corrected chi connectivity index (χ3v) is 1.99. The molecule has 0 bridgehead atoms. The predicted molar refractivity (Wildman–Crippen MR) is 53.3 cm³/mol. The van der Waals surface area contributed by atoms with Crippen LogP contribution in [0.15, 0.2) is 4.79 Å². The first kappa shape index (κ1) is 15.2. The van der Waals surface area contributed by atoms with Gasteiger partial charge in [-0.2, -0.15) is 0 Å². The molecule has 0 aliphatic rings. The molecule has 0 aliphatic carbocycles. The molecule has 0 unspecified atom stereocenters. The van der Waals surface area contributed by atoms with E-state index in [2.05, 4.69) is 4.98 Å². The first-order valence-electron chi connectivity index (χ1n) is 4.32. The normalized spacial score (nSPS) is 9.50. The maximum absolute atomic E-state index is 11.6. The van der Waals surface area contributed by atoms with Crippen LogP contribution in [0.2, 0.25) is 0 Å². The van der Waals surface area contributed by atoms with Gasteiger partial charge in [0, 0.05) is 27.0 Å². The van der Waals surface area contributed by atoms with E-state index in [1.54, 1.807) is 14.1 Å². The summed E-state index contributed by atoms with van der Waals surface area (Å²) in [5.41, 5.74) is -0.991. The minimum atomic E-state index is -0.769. The second-order valence-electron chi connectivity index (χ2n) is 3.41. The smallest absolute Gasteiger partial charge is 0.858 e. The van der Waals surface area contributed by atoms with E-state index in [9.17, 15) is 14.7 Å². The summed E-state index contributed by atoms with van der Waals surface area (Å²) < 4.78 is 1.18. The van der Waals surface area contributed by atoms with Gasteiger partial charge in [0.2, 0.25) is 5.95 Å². The number of rotatable bonds is 2. The van der Waals surface area contributed by atoms with Crippen molar-refractivity contribution >= 4 is 11.7 Å². The number of ketones is 1. The van der Waals surface area contributed by atoms with Crippen molar-refractivity contribution in [2.75, 3.05) is 19.0 Å². The third-order valence-electron chi connectivity index (χ3n) is 1.99. The molecule has 7 heteroatoms. The SMILES string of the molecule is CC(=O)c1c([O-])nc(N(C)C)n(C)c1=O.[Na+]. The van der Waals surface area contributed by atoms with Crippen LogP contribution in [0.5, 0.6) is 5.88 Å². The van der Waals surface area contributed by atoms with Gasteiger partial charge >= 0.3 is 29.6 Å². The number of carbonyl (C=O) groups excluding carboxylic acids is 1. The van der Waals surface area contributed by atoms with E-state index in [0.29, 0.717) is 0 Å². The number of Topliss-reactive ketones (excluding diaryl/α,β-unsaturated/α-hetero) is 1. The van der Waals surface area contributed by atoms with Crippen molar-refractivity contribution in [2.24, 2.45) is 7.05 Å². The number of anilines is 1. The van der Waals surface area contributed by atoms with Crippen LogP contribution in [0.25, 0.3) is 0 Å². The van der Waals surface area contributed by atoms with Gasteiger partial charge in [0.15, 0.2) is 5.78 Å². The molecule has 0 N–H and O–H groups in total. The molecule has 1 aromatic heterocycles. The van der Waals surface area contributed by atoms with Gasteiger partial charge in [-0.3, -0.25) is 14.2 Å². The zero-order chi connectivity index (χ0) is 11.7. The van der Waals surface area contributed by atoms with Gasteiger partial charge < -0.3 is 10.0 Å². The molecule has 0 saturated heterocycles. The Bertz CT molecular complexity index is 468. The van der Waals surface area contributed by atoms with Crippen LogP contribution in [0.1, 0.15) is 17.3 Å². The number of nitrogens with zero attached hydrogens (tertiary/aromatic N) is 3. The van der Waals surface area contributed by atoms with Crippen molar-refractivity contribution in [1.29, 1.82) is 0 Å². The summed E-state index contributed by atoms with van der Waals surface area (Å²) in [4.78, 5) is 27.9. The van der Waals surface area contributed by atoms with E-state index >= 15 is 0 Å². The molecule has 6 nitrogen and oxygen atoms in total. The van der Waals surface area contributed by atoms with E-state index in [1.807, 2.05) is 0 Å². The summed E-state index contributed by atoms with van der Waals surface area (Å²) in [7, 11) is 4.79. The van der Waals surface area contributed by atoms with Crippen LogP contribution in [0, 0.1) is 0 Å². The maximum atomic E-state index is 11.6. The Morgan fingerprint density at radius 2 is 1.94 bits per heavy atom. The number of carbonyl (C=O) groups is 1. The monoisotopic (exact) mass is 233 g/mol. The second-order valence-corrected chi connectivity index (χ2v) is 3.41. The Balaban J connectivity index is 0.00000225. The van der Waals surface area contributed by atoms with E-state index in [1.165, 1.54) is 23.4 Å². The topological polar surface area (TPSA) is 78.3 Å². The first-order chi connectivity index (χ1) is 6.86. The Morgan fingerprint density at radius 1 is 1.44 bits per heavy atom. The predicted octanol–water partition coefficient (Wildman–Crippen LogP) is -3.87. The number of hydrogen-bond acceptors (Lipinski definition) is 5. The number of hydrogen-bond donors (Lipinski definition) is 0. The van der Waals surface area contributed by atoms with Crippen molar-refractivity contribution < 1.29 is 39.5 Å². The van der Waals surface area contributed by atoms with Crippen molar-refractivity contribution in [2.45, 2.75) is 6.92 Å². The average molecular weight is 233 g/mol. The molecule has 1 aromatic rings. The molecule has 0 spiro atoms. The van der Waals surface area contributed by atoms with E-state index in [0.717, 1.165) is 0 Å². The minimum absolute atomic E-state index is 0. The minimum Gasteiger partial charge on any atom is -0.858 e. The van der Waals surface area contributed by atoms with Gasteiger partial charge in [-0.05, 0) is 6.92 Å². The summed E-state index contributed by atoms with van der Waals surface area (Å²) in [6.45, 7) is 1.18. The van der Waals surface area contributed by atoms with E-state index < -0.39 is 17.2 Å². The second kappa shape index (κ2) is 5.47. The molecule has 0 radical (unpaired) electrons. The molecule has 1 heterocycles. The molecule has 0 fully saturated rings. The fourth-order valence-electron chi connectivity index (χ4n) is 1.27. The Morgan fingerprint density at radius 3 is 2.31 bits per heavy atom. The summed E-state index contributed by atoms with van der Waals surface area (Å²) in [5.74, 6) is -1.09. The molecule has 0 saturated carbocycles. The van der Waals surface area contributed by atoms with Crippen molar-refractivity contribution in [1.82, 2.24) is 9.55 Å². The fourth-order valence-corrected chi connectivity index (χ4v) is 1.27. The van der Waals surface area contributed by atoms with Crippen LogP contribution < -0.4 is 45.1 Å². The van der Waals surface area contributed by atoms with Crippen molar-refractivity contribution in [3.05, 3.63) is 15.9 Å². The van der Waals surface area contributed by atoms with Crippen molar-refractivity contribution in [3.63, 3.8) is 0 Å². The maximum Gasteiger partial charge on any atom is 1.00 e. The Kier molecular flexibility index (Phi) is 5.18. The molecule has 0 aliphatic heterocycles. The van der Waals surface area contributed by atoms with Gasteiger partial charge in [0.25, 0.3) is 5.56 Å². The Hall–Kier alpha value is -0.850. The molecule has 16 heavy (non-hydrogen) atoms. The summed E-state index contributed by atoms with van der Waals surface area (Å²) in [6, 6.07) is 0. The van der Waals surface area contributed by atoms with Gasteiger partial charge in [0.05, 0.1) is 5.56 Å². The van der Waals surface area contributed by atoms with Crippen LogP contribution in [-0.4, -0.2) is 29.4 Å². The van der Waals surface area contributed by atoms with E-state index in [4.69, 9.17) is 0 Å². The van der Waals surface area contributed by atoms with Crippen LogP contribution in [-0.2, 0) is 7.05 Å². The quantitative estimate of drug-likeness (QED) is 0.386. The van der Waals surface area contributed by atoms with E-state index in [-0.39, 0.29) is 41.1 Å².